The Morgan fingerprint density at radius 1 is 1.21 bits per heavy atom. The average Bonchev–Trinajstić information content (AvgIpc) is 2.93. The van der Waals surface area contributed by atoms with Crippen LogP contribution in [0.4, 0.5) is 5.69 Å². The lowest BCUT2D eigenvalue weighted by atomic mass is 10.2. The summed E-state index contributed by atoms with van der Waals surface area (Å²) in [6, 6.07) is 13.5. The molecule has 2 aromatic rings. The minimum atomic E-state index is -0.172. The number of thioether (sulfide) groups is 1. The molecule has 1 saturated heterocycles. The second-order valence-corrected chi connectivity index (χ2v) is 8.14. The molecule has 1 fully saturated rings. The molecule has 1 aliphatic rings. The summed E-state index contributed by atoms with van der Waals surface area (Å²) in [5, 5.41) is 12.6. The van der Waals surface area contributed by atoms with E-state index in [0.29, 0.717) is 32.9 Å². The minimum Gasteiger partial charge on any atom is -0.508 e. The molecule has 2 amide bonds. The van der Waals surface area contributed by atoms with Crippen molar-refractivity contribution in [1.29, 1.82) is 0 Å². The first kappa shape index (κ1) is 20.4. The van der Waals surface area contributed by atoms with Crippen LogP contribution >= 0.6 is 35.6 Å². The fourth-order valence-corrected chi connectivity index (χ4v) is 4.08. The van der Waals surface area contributed by atoms with Crippen LogP contribution in [0.3, 0.4) is 0 Å². The van der Waals surface area contributed by atoms with E-state index in [-0.39, 0.29) is 24.0 Å². The number of hydrogen-bond donors (Lipinski definition) is 2. The van der Waals surface area contributed by atoms with Crippen molar-refractivity contribution in [3.8, 4) is 5.75 Å². The Labute approximate surface area is 177 Å². The number of thiocarbonyl (C=S) groups is 1. The maximum Gasteiger partial charge on any atom is 0.266 e. The molecule has 0 aliphatic carbocycles. The highest BCUT2D eigenvalue weighted by atomic mass is 35.5. The Morgan fingerprint density at radius 3 is 2.64 bits per heavy atom. The van der Waals surface area contributed by atoms with Gasteiger partial charge in [-0.2, -0.15) is 0 Å². The van der Waals surface area contributed by atoms with Gasteiger partial charge in [0, 0.05) is 23.7 Å². The molecule has 28 heavy (non-hydrogen) atoms. The Bertz CT molecular complexity index is 945. The minimum absolute atomic E-state index is 0.136. The van der Waals surface area contributed by atoms with Gasteiger partial charge in [-0.15, -0.1) is 0 Å². The van der Waals surface area contributed by atoms with E-state index in [9.17, 15) is 14.7 Å². The summed E-state index contributed by atoms with van der Waals surface area (Å²) in [5.74, 6) is -0.200. The summed E-state index contributed by atoms with van der Waals surface area (Å²) >= 11 is 12.7. The first-order valence-electron chi connectivity index (χ1n) is 8.53. The van der Waals surface area contributed by atoms with Crippen LogP contribution in [-0.4, -0.2) is 32.7 Å². The maximum atomic E-state index is 12.6. The molecule has 0 bridgehead atoms. The predicted octanol–water partition coefficient (Wildman–Crippen LogP) is 4.67. The molecule has 0 unspecified atom stereocenters. The normalized spacial score (nSPS) is 15.3. The Balaban J connectivity index is 1.54. The van der Waals surface area contributed by atoms with E-state index >= 15 is 0 Å². The summed E-state index contributed by atoms with van der Waals surface area (Å²) in [6.45, 7) is 0.369. The SMILES string of the molecule is O=C(CCCN1C(=O)/C(=C\c2ccccc2Cl)SC1=S)Nc1ccc(O)cc1. The summed E-state index contributed by atoms with van der Waals surface area (Å²) in [6.07, 6.45) is 2.47. The molecule has 0 aromatic heterocycles. The third kappa shape index (κ3) is 5.13. The van der Waals surface area contributed by atoms with E-state index in [1.54, 1.807) is 24.3 Å². The van der Waals surface area contributed by atoms with Gasteiger partial charge in [0.25, 0.3) is 5.91 Å². The van der Waals surface area contributed by atoms with E-state index in [4.69, 9.17) is 23.8 Å². The van der Waals surface area contributed by atoms with Crippen molar-refractivity contribution in [1.82, 2.24) is 4.90 Å². The Hall–Kier alpha value is -2.35. The smallest absolute Gasteiger partial charge is 0.266 e. The van der Waals surface area contributed by atoms with Crippen LogP contribution in [0.2, 0.25) is 5.02 Å². The largest absolute Gasteiger partial charge is 0.508 e. The first-order valence-corrected chi connectivity index (χ1v) is 10.1. The van der Waals surface area contributed by atoms with Gasteiger partial charge in [0.05, 0.1) is 4.91 Å². The highest BCUT2D eigenvalue weighted by Gasteiger charge is 2.31. The standard InChI is InChI=1S/C20H17ClN2O3S2/c21-16-5-2-1-4-13(16)12-17-19(26)23(20(27)28-17)11-3-6-18(25)22-14-7-9-15(24)10-8-14/h1-2,4-5,7-10,12,24H,3,6,11H2,(H,22,25)/b17-12+. The number of hydrogen-bond acceptors (Lipinski definition) is 5. The summed E-state index contributed by atoms with van der Waals surface area (Å²) in [4.78, 5) is 26.7. The van der Waals surface area contributed by atoms with Gasteiger partial charge in [-0.3, -0.25) is 14.5 Å². The molecular formula is C20H17ClN2O3S2. The van der Waals surface area contributed by atoms with Gasteiger partial charge < -0.3 is 10.4 Å². The number of phenols is 1. The van der Waals surface area contributed by atoms with Crippen molar-refractivity contribution in [2.45, 2.75) is 12.8 Å². The molecule has 0 spiro atoms. The number of phenolic OH excluding ortho intramolecular Hbond substituents is 1. The fraction of sp³-hybridized carbons (Fsp3) is 0.150. The van der Waals surface area contributed by atoms with Crippen LogP contribution in [0.15, 0.2) is 53.4 Å². The zero-order valence-electron chi connectivity index (χ0n) is 14.7. The molecule has 0 radical (unpaired) electrons. The van der Waals surface area contributed by atoms with Gasteiger partial charge in [-0.1, -0.05) is 53.8 Å². The molecule has 1 aliphatic heterocycles. The number of carbonyl (C=O) groups is 2. The van der Waals surface area contributed by atoms with Crippen LogP contribution in [-0.2, 0) is 9.59 Å². The van der Waals surface area contributed by atoms with Crippen LogP contribution in [0.5, 0.6) is 5.75 Å². The number of nitrogens with one attached hydrogen (secondary N) is 1. The molecule has 2 N–H and O–H groups in total. The zero-order chi connectivity index (χ0) is 20.1. The van der Waals surface area contributed by atoms with Crippen molar-refractivity contribution < 1.29 is 14.7 Å². The van der Waals surface area contributed by atoms with Gasteiger partial charge in [0.15, 0.2) is 0 Å². The van der Waals surface area contributed by atoms with Gasteiger partial charge in [-0.05, 0) is 48.4 Å². The van der Waals surface area contributed by atoms with Crippen molar-refractivity contribution in [3.05, 3.63) is 64.0 Å². The van der Waals surface area contributed by atoms with E-state index in [2.05, 4.69) is 5.32 Å². The Morgan fingerprint density at radius 2 is 1.93 bits per heavy atom. The van der Waals surface area contributed by atoms with E-state index in [1.165, 1.54) is 28.8 Å². The molecule has 8 heteroatoms. The summed E-state index contributed by atoms with van der Waals surface area (Å²) in [5.41, 5.74) is 1.37. The monoisotopic (exact) mass is 432 g/mol. The number of aromatic hydroxyl groups is 1. The number of benzene rings is 2. The molecule has 1 heterocycles. The van der Waals surface area contributed by atoms with Crippen molar-refractivity contribution in [2.75, 3.05) is 11.9 Å². The molecular weight excluding hydrogens is 416 g/mol. The lowest BCUT2D eigenvalue weighted by molar-refractivity contribution is -0.122. The number of carbonyl (C=O) groups excluding carboxylic acids is 2. The quantitative estimate of drug-likeness (QED) is 0.394. The molecule has 144 valence electrons. The number of halogens is 1. The van der Waals surface area contributed by atoms with Crippen LogP contribution in [0, 0.1) is 0 Å². The topological polar surface area (TPSA) is 69.6 Å². The van der Waals surface area contributed by atoms with Crippen molar-refractivity contribution >= 4 is 63.5 Å². The molecule has 2 aromatic carbocycles. The highest BCUT2D eigenvalue weighted by Crippen LogP contribution is 2.33. The van der Waals surface area contributed by atoms with Gasteiger partial charge in [0.2, 0.25) is 5.91 Å². The van der Waals surface area contributed by atoms with E-state index in [0.717, 1.165) is 5.56 Å². The molecule has 3 rings (SSSR count). The van der Waals surface area contributed by atoms with Gasteiger partial charge in [0.1, 0.15) is 10.1 Å². The van der Waals surface area contributed by atoms with E-state index in [1.807, 2.05) is 18.2 Å². The molecule has 0 atom stereocenters. The maximum absolute atomic E-state index is 12.6. The zero-order valence-corrected chi connectivity index (χ0v) is 17.1. The second-order valence-electron chi connectivity index (χ2n) is 6.05. The highest BCUT2D eigenvalue weighted by molar-refractivity contribution is 8.26. The summed E-state index contributed by atoms with van der Waals surface area (Å²) < 4.78 is 0.474. The third-order valence-corrected chi connectivity index (χ3v) is 5.72. The third-order valence-electron chi connectivity index (χ3n) is 4.00. The molecule has 0 saturated carbocycles. The number of amides is 2. The van der Waals surface area contributed by atoms with Crippen LogP contribution in [0.25, 0.3) is 6.08 Å². The summed E-state index contributed by atoms with van der Waals surface area (Å²) in [7, 11) is 0. The average molecular weight is 433 g/mol. The van der Waals surface area contributed by atoms with Crippen molar-refractivity contribution in [3.63, 3.8) is 0 Å². The van der Waals surface area contributed by atoms with E-state index < -0.39 is 0 Å². The number of anilines is 1. The van der Waals surface area contributed by atoms with Crippen molar-refractivity contribution in [2.24, 2.45) is 0 Å². The predicted molar refractivity (Wildman–Crippen MR) is 117 cm³/mol. The molecule has 5 nitrogen and oxygen atoms in total. The lowest BCUT2D eigenvalue weighted by Crippen LogP contribution is -2.29. The fourth-order valence-electron chi connectivity index (χ4n) is 2.59. The number of nitrogens with zero attached hydrogens (tertiary/aromatic N) is 1. The van der Waals surface area contributed by atoms with Gasteiger partial charge >= 0.3 is 0 Å². The first-order chi connectivity index (χ1) is 13.4. The Kier molecular flexibility index (Phi) is 6.72. The van der Waals surface area contributed by atoms with Crippen LogP contribution < -0.4 is 5.32 Å². The van der Waals surface area contributed by atoms with Gasteiger partial charge in [-0.25, -0.2) is 0 Å². The second kappa shape index (κ2) is 9.23. The number of rotatable bonds is 6. The van der Waals surface area contributed by atoms with Crippen LogP contribution in [0.1, 0.15) is 18.4 Å². The lowest BCUT2D eigenvalue weighted by Gasteiger charge is -2.14.